The first-order chi connectivity index (χ1) is 9.08. The molecule has 0 saturated heterocycles. The van der Waals surface area contributed by atoms with Crippen molar-refractivity contribution in [3.63, 3.8) is 0 Å². The van der Waals surface area contributed by atoms with E-state index in [2.05, 4.69) is 4.98 Å². The minimum atomic E-state index is -0.445. The number of aliphatic hydroxyl groups excluding tert-OH is 1. The molecule has 104 valence electrons. The third kappa shape index (κ3) is 3.66. The predicted molar refractivity (Wildman–Crippen MR) is 72.8 cm³/mol. The van der Waals surface area contributed by atoms with Crippen LogP contribution in [0.3, 0.4) is 0 Å². The standard InChI is InChI=1S/C13H19N3O3/c1-16(8-10(17)4-5-14)7-9-2-3-12-11(6-9)15-13(18)19-12/h2-3,6,10,17H,4-5,7-8,14H2,1H3,(H,15,18). The first-order valence-electron chi connectivity index (χ1n) is 6.27. The molecule has 1 aromatic heterocycles. The van der Waals surface area contributed by atoms with Gasteiger partial charge >= 0.3 is 5.76 Å². The molecular weight excluding hydrogens is 246 g/mol. The lowest BCUT2D eigenvalue weighted by Gasteiger charge is -2.20. The van der Waals surface area contributed by atoms with Gasteiger partial charge in [-0.05, 0) is 37.7 Å². The van der Waals surface area contributed by atoms with Crippen molar-refractivity contribution >= 4 is 11.1 Å². The number of hydrogen-bond donors (Lipinski definition) is 3. The third-order valence-electron chi connectivity index (χ3n) is 2.96. The molecular formula is C13H19N3O3. The number of H-pyrrole nitrogens is 1. The molecule has 0 saturated carbocycles. The smallest absolute Gasteiger partial charge is 0.408 e. The summed E-state index contributed by atoms with van der Waals surface area (Å²) >= 11 is 0. The zero-order valence-corrected chi connectivity index (χ0v) is 10.9. The fourth-order valence-electron chi connectivity index (χ4n) is 2.12. The molecule has 1 atom stereocenters. The van der Waals surface area contributed by atoms with Crippen molar-refractivity contribution in [1.29, 1.82) is 0 Å². The minimum Gasteiger partial charge on any atom is -0.408 e. The molecule has 0 amide bonds. The number of likely N-dealkylation sites (N-methyl/N-ethyl adjacent to an activating group) is 1. The average molecular weight is 265 g/mol. The third-order valence-corrected chi connectivity index (χ3v) is 2.96. The number of rotatable bonds is 6. The monoisotopic (exact) mass is 265 g/mol. The Morgan fingerprint density at radius 1 is 1.53 bits per heavy atom. The Balaban J connectivity index is 2.02. The second-order valence-corrected chi connectivity index (χ2v) is 4.77. The lowest BCUT2D eigenvalue weighted by atomic mass is 10.2. The number of aromatic amines is 1. The van der Waals surface area contributed by atoms with E-state index < -0.39 is 11.9 Å². The molecule has 6 heteroatoms. The van der Waals surface area contributed by atoms with Gasteiger partial charge in [-0.3, -0.25) is 9.88 Å². The Morgan fingerprint density at radius 3 is 3.05 bits per heavy atom. The second-order valence-electron chi connectivity index (χ2n) is 4.77. The van der Waals surface area contributed by atoms with Gasteiger partial charge in [0.15, 0.2) is 5.58 Å². The summed E-state index contributed by atoms with van der Waals surface area (Å²) in [7, 11) is 1.93. The summed E-state index contributed by atoms with van der Waals surface area (Å²) in [5.41, 5.74) is 7.70. The summed E-state index contributed by atoms with van der Waals surface area (Å²) < 4.78 is 4.95. The van der Waals surface area contributed by atoms with Crippen LogP contribution >= 0.6 is 0 Å². The van der Waals surface area contributed by atoms with E-state index in [4.69, 9.17) is 10.2 Å². The Kier molecular flexibility index (Phi) is 4.36. The highest BCUT2D eigenvalue weighted by Gasteiger charge is 2.09. The van der Waals surface area contributed by atoms with Gasteiger partial charge in [-0.1, -0.05) is 6.07 Å². The van der Waals surface area contributed by atoms with Gasteiger partial charge in [0.25, 0.3) is 0 Å². The molecule has 0 spiro atoms. The maximum absolute atomic E-state index is 11.1. The van der Waals surface area contributed by atoms with Gasteiger partial charge in [0.05, 0.1) is 11.6 Å². The lowest BCUT2D eigenvalue weighted by molar-refractivity contribution is 0.117. The number of benzene rings is 1. The summed E-state index contributed by atoms with van der Waals surface area (Å²) in [6, 6.07) is 5.56. The number of aromatic nitrogens is 1. The zero-order valence-electron chi connectivity index (χ0n) is 10.9. The number of nitrogens with one attached hydrogen (secondary N) is 1. The van der Waals surface area contributed by atoms with Crippen LogP contribution in [0.5, 0.6) is 0 Å². The summed E-state index contributed by atoms with van der Waals surface area (Å²) in [5, 5.41) is 9.69. The molecule has 1 aromatic carbocycles. The second kappa shape index (κ2) is 6.01. The van der Waals surface area contributed by atoms with Crippen molar-refractivity contribution in [3.8, 4) is 0 Å². The van der Waals surface area contributed by atoms with Crippen LogP contribution in [0.4, 0.5) is 0 Å². The Morgan fingerprint density at radius 2 is 2.32 bits per heavy atom. The molecule has 19 heavy (non-hydrogen) atoms. The first kappa shape index (κ1) is 13.8. The van der Waals surface area contributed by atoms with Crippen LogP contribution in [-0.2, 0) is 6.54 Å². The molecule has 1 unspecified atom stereocenters. The van der Waals surface area contributed by atoms with Crippen LogP contribution in [0.15, 0.2) is 27.4 Å². The fraction of sp³-hybridized carbons (Fsp3) is 0.462. The van der Waals surface area contributed by atoms with Crippen LogP contribution in [0.1, 0.15) is 12.0 Å². The summed E-state index contributed by atoms with van der Waals surface area (Å²) in [6.45, 7) is 1.74. The number of fused-ring (bicyclic) bond motifs is 1. The van der Waals surface area contributed by atoms with Crippen molar-refractivity contribution in [1.82, 2.24) is 9.88 Å². The Bertz CT molecular complexity index is 590. The highest BCUT2D eigenvalue weighted by Crippen LogP contribution is 2.13. The van der Waals surface area contributed by atoms with Crippen LogP contribution in [0.25, 0.3) is 11.1 Å². The maximum Gasteiger partial charge on any atom is 0.417 e. The molecule has 0 aliphatic carbocycles. The van der Waals surface area contributed by atoms with Crippen molar-refractivity contribution < 1.29 is 9.52 Å². The van der Waals surface area contributed by atoms with Gasteiger partial charge in [-0.2, -0.15) is 0 Å². The van der Waals surface area contributed by atoms with Crippen molar-refractivity contribution in [2.24, 2.45) is 5.73 Å². The van der Waals surface area contributed by atoms with E-state index in [1.807, 2.05) is 24.1 Å². The van der Waals surface area contributed by atoms with E-state index in [1.165, 1.54) is 0 Å². The van der Waals surface area contributed by atoms with Gasteiger partial charge in [-0.15, -0.1) is 0 Å². The molecule has 6 nitrogen and oxygen atoms in total. The van der Waals surface area contributed by atoms with Crippen LogP contribution in [0.2, 0.25) is 0 Å². The van der Waals surface area contributed by atoms with Gasteiger partial charge in [0.1, 0.15) is 0 Å². The molecule has 1 heterocycles. The van der Waals surface area contributed by atoms with E-state index in [1.54, 1.807) is 6.07 Å². The molecule has 2 aromatic rings. The van der Waals surface area contributed by atoms with E-state index in [0.717, 1.165) is 5.56 Å². The largest absolute Gasteiger partial charge is 0.417 e. The van der Waals surface area contributed by atoms with Crippen LogP contribution in [-0.4, -0.2) is 41.2 Å². The highest BCUT2D eigenvalue weighted by molar-refractivity contribution is 5.72. The molecule has 0 fully saturated rings. The molecule has 0 aliphatic heterocycles. The van der Waals surface area contributed by atoms with Crippen LogP contribution in [0, 0.1) is 0 Å². The molecule has 0 aliphatic rings. The number of aliphatic hydroxyl groups is 1. The summed E-state index contributed by atoms with van der Waals surface area (Å²) in [6.07, 6.45) is 0.186. The fourth-order valence-corrected chi connectivity index (χ4v) is 2.12. The van der Waals surface area contributed by atoms with E-state index in [9.17, 15) is 9.90 Å². The van der Waals surface area contributed by atoms with Gasteiger partial charge in [-0.25, -0.2) is 4.79 Å². The molecule has 4 N–H and O–H groups in total. The van der Waals surface area contributed by atoms with E-state index in [0.29, 0.717) is 37.2 Å². The first-order valence-corrected chi connectivity index (χ1v) is 6.27. The van der Waals surface area contributed by atoms with E-state index >= 15 is 0 Å². The summed E-state index contributed by atoms with van der Waals surface area (Å²) in [5.74, 6) is -0.445. The van der Waals surface area contributed by atoms with Crippen LogP contribution < -0.4 is 11.5 Å². The minimum absolute atomic E-state index is 0.410. The number of hydrogen-bond acceptors (Lipinski definition) is 5. The maximum atomic E-state index is 11.1. The van der Waals surface area contributed by atoms with E-state index in [-0.39, 0.29) is 0 Å². The zero-order chi connectivity index (χ0) is 13.8. The SMILES string of the molecule is CN(Cc1ccc2oc(=O)[nH]c2c1)CC(O)CCN. The number of nitrogens with zero attached hydrogens (tertiary/aromatic N) is 1. The Labute approximate surface area is 110 Å². The van der Waals surface area contributed by atoms with Gasteiger partial charge < -0.3 is 15.3 Å². The molecule has 2 rings (SSSR count). The van der Waals surface area contributed by atoms with Gasteiger partial charge in [0.2, 0.25) is 0 Å². The average Bonchev–Trinajstić information content (AvgIpc) is 2.68. The number of oxazole rings is 1. The number of nitrogens with two attached hydrogens (primary N) is 1. The highest BCUT2D eigenvalue weighted by atomic mass is 16.4. The quantitative estimate of drug-likeness (QED) is 0.696. The molecule has 0 radical (unpaired) electrons. The van der Waals surface area contributed by atoms with Crippen molar-refractivity contribution in [3.05, 3.63) is 34.3 Å². The van der Waals surface area contributed by atoms with Crippen molar-refractivity contribution in [2.45, 2.75) is 19.1 Å². The normalized spacial score (nSPS) is 13.3. The topological polar surface area (TPSA) is 95.5 Å². The molecule has 0 bridgehead atoms. The Hall–Kier alpha value is -1.63. The predicted octanol–water partition coefficient (Wildman–Crippen LogP) is 0.263. The lowest BCUT2D eigenvalue weighted by Crippen LogP contribution is -2.30. The van der Waals surface area contributed by atoms with Gasteiger partial charge in [0, 0.05) is 13.1 Å². The summed E-state index contributed by atoms with van der Waals surface area (Å²) in [4.78, 5) is 15.7. The van der Waals surface area contributed by atoms with Crippen molar-refractivity contribution in [2.75, 3.05) is 20.1 Å².